The van der Waals surface area contributed by atoms with E-state index in [0.29, 0.717) is 6.54 Å². The summed E-state index contributed by atoms with van der Waals surface area (Å²) in [6.45, 7) is 11.3. The zero-order valence-corrected chi connectivity index (χ0v) is 22.3. The minimum absolute atomic E-state index is 0.0654. The Balaban J connectivity index is 1.84. The maximum Gasteiger partial charge on any atom is 0.408 e. The van der Waals surface area contributed by atoms with Crippen LogP contribution in [0.4, 0.5) is 4.79 Å². The number of carboxylic acids is 1. The van der Waals surface area contributed by atoms with Crippen LogP contribution < -0.4 is 10.6 Å². The molecule has 3 aliphatic rings. The van der Waals surface area contributed by atoms with Gasteiger partial charge in [-0.3, -0.25) is 14.4 Å². The molecule has 10 nitrogen and oxygen atoms in total. The fourth-order valence-corrected chi connectivity index (χ4v) is 6.03. The highest BCUT2D eigenvalue weighted by atomic mass is 16.6. The molecule has 202 valence electrons. The third-order valence-electron chi connectivity index (χ3n) is 8.07. The summed E-state index contributed by atoms with van der Waals surface area (Å²) in [6.07, 6.45) is 4.03. The summed E-state index contributed by atoms with van der Waals surface area (Å²) in [7, 11) is 0. The molecule has 0 bridgehead atoms. The summed E-state index contributed by atoms with van der Waals surface area (Å²) in [5, 5.41) is 14.5. The number of nitrogens with zero attached hydrogens (tertiary/aromatic N) is 1. The third-order valence-corrected chi connectivity index (χ3v) is 8.07. The average Bonchev–Trinajstić information content (AvgIpc) is 3.12. The van der Waals surface area contributed by atoms with E-state index in [-0.39, 0.29) is 35.5 Å². The molecular weight excluding hydrogens is 466 g/mol. The maximum absolute atomic E-state index is 13.9. The second kappa shape index (κ2) is 10.4. The molecule has 2 aliphatic carbocycles. The van der Waals surface area contributed by atoms with Crippen molar-refractivity contribution in [2.75, 3.05) is 6.54 Å². The van der Waals surface area contributed by atoms with E-state index in [1.807, 2.05) is 13.8 Å². The Labute approximate surface area is 212 Å². The molecule has 36 heavy (non-hydrogen) atoms. The average molecular weight is 508 g/mol. The molecule has 0 aromatic carbocycles. The number of amides is 3. The monoisotopic (exact) mass is 507 g/mol. The van der Waals surface area contributed by atoms with Crippen molar-refractivity contribution in [3.05, 3.63) is 0 Å². The topological polar surface area (TPSA) is 142 Å². The number of likely N-dealkylation sites (tertiary alicyclic amines) is 1. The molecule has 2 saturated carbocycles. The van der Waals surface area contributed by atoms with Gasteiger partial charge in [0, 0.05) is 6.54 Å². The van der Waals surface area contributed by atoms with Crippen LogP contribution in [0.5, 0.6) is 0 Å². The molecule has 0 radical (unpaired) electrons. The molecule has 10 heteroatoms. The molecule has 3 amide bonds. The van der Waals surface area contributed by atoms with Crippen LogP contribution in [0.1, 0.15) is 80.1 Å². The summed E-state index contributed by atoms with van der Waals surface area (Å²) in [5.41, 5.74) is -0.881. The number of Topliss-reactive ketones (excluding diaryl/α,β-unsaturated/α-hetero) is 1. The Morgan fingerprint density at radius 1 is 1.06 bits per heavy atom. The van der Waals surface area contributed by atoms with Gasteiger partial charge in [-0.05, 0) is 63.2 Å². The van der Waals surface area contributed by atoms with E-state index in [4.69, 9.17) is 9.84 Å². The van der Waals surface area contributed by atoms with Gasteiger partial charge in [0.15, 0.2) is 0 Å². The van der Waals surface area contributed by atoms with Crippen LogP contribution in [0.2, 0.25) is 0 Å². The SMILES string of the molecule is CCC(NC(=O)[C@@H]1[C@@H]2[C@H](CN1C(=O)[C@@H](NC(=O)OC(C)(C)C)C1CCCCC1)C2(C)C)C(=O)C(=O)O. The van der Waals surface area contributed by atoms with Gasteiger partial charge in [0.2, 0.25) is 11.8 Å². The Kier molecular flexibility index (Phi) is 8.05. The number of carboxylic acid groups (broad SMARTS) is 1. The van der Waals surface area contributed by atoms with Gasteiger partial charge in [-0.2, -0.15) is 0 Å². The van der Waals surface area contributed by atoms with Gasteiger partial charge >= 0.3 is 12.1 Å². The lowest BCUT2D eigenvalue weighted by Crippen LogP contribution is -2.59. The van der Waals surface area contributed by atoms with Crippen molar-refractivity contribution in [3.8, 4) is 0 Å². The largest absolute Gasteiger partial charge is 0.475 e. The number of aliphatic carboxylic acids is 1. The predicted octanol–water partition coefficient (Wildman–Crippen LogP) is 2.49. The van der Waals surface area contributed by atoms with Gasteiger partial charge in [-0.25, -0.2) is 9.59 Å². The normalized spacial score (nSPS) is 26.8. The lowest BCUT2D eigenvalue weighted by Gasteiger charge is -2.37. The molecule has 1 saturated heterocycles. The number of hydrogen-bond acceptors (Lipinski definition) is 6. The van der Waals surface area contributed by atoms with Crippen LogP contribution in [0.3, 0.4) is 0 Å². The van der Waals surface area contributed by atoms with E-state index in [1.165, 1.54) is 4.90 Å². The van der Waals surface area contributed by atoms with Gasteiger partial charge < -0.3 is 25.4 Å². The van der Waals surface area contributed by atoms with E-state index in [1.54, 1.807) is 27.7 Å². The zero-order valence-electron chi connectivity index (χ0n) is 22.3. The van der Waals surface area contributed by atoms with Crippen LogP contribution in [0, 0.1) is 23.2 Å². The first-order valence-electron chi connectivity index (χ1n) is 13.1. The first-order chi connectivity index (χ1) is 16.7. The summed E-state index contributed by atoms with van der Waals surface area (Å²) >= 11 is 0. The van der Waals surface area contributed by atoms with Crippen molar-refractivity contribution in [2.45, 2.75) is 104 Å². The van der Waals surface area contributed by atoms with Gasteiger partial charge in [0.25, 0.3) is 5.78 Å². The molecule has 3 rings (SSSR count). The van der Waals surface area contributed by atoms with E-state index in [0.717, 1.165) is 32.1 Å². The Morgan fingerprint density at radius 2 is 1.67 bits per heavy atom. The number of piperidine rings is 1. The molecular formula is C26H41N3O7. The Bertz CT molecular complexity index is 904. The highest BCUT2D eigenvalue weighted by molar-refractivity contribution is 6.35. The van der Waals surface area contributed by atoms with Crippen LogP contribution in [0.25, 0.3) is 0 Å². The number of hydrogen-bond donors (Lipinski definition) is 3. The van der Waals surface area contributed by atoms with E-state index < -0.39 is 47.5 Å². The third kappa shape index (κ3) is 5.83. The number of ketones is 1. The van der Waals surface area contributed by atoms with Crippen molar-refractivity contribution < 1.29 is 33.8 Å². The number of alkyl carbamates (subject to hydrolysis) is 1. The van der Waals surface area contributed by atoms with Crippen LogP contribution in [-0.2, 0) is 23.9 Å². The number of carbonyl (C=O) groups excluding carboxylic acids is 4. The quantitative estimate of drug-likeness (QED) is 0.429. The Hall–Kier alpha value is -2.65. The van der Waals surface area contributed by atoms with Crippen molar-refractivity contribution in [2.24, 2.45) is 23.2 Å². The zero-order chi connectivity index (χ0) is 27.0. The van der Waals surface area contributed by atoms with E-state index >= 15 is 0 Å². The molecule has 3 fully saturated rings. The fraction of sp³-hybridized carbons (Fsp3) is 0.808. The van der Waals surface area contributed by atoms with Gasteiger partial charge in [0.1, 0.15) is 17.7 Å². The first kappa shape index (κ1) is 27.9. The summed E-state index contributed by atoms with van der Waals surface area (Å²) in [6, 6.07) is -2.82. The summed E-state index contributed by atoms with van der Waals surface area (Å²) in [4.78, 5) is 64.8. The highest BCUT2D eigenvalue weighted by Gasteiger charge is 2.69. The number of fused-ring (bicyclic) bond motifs is 1. The molecule has 0 aromatic rings. The molecule has 1 aliphatic heterocycles. The molecule has 0 spiro atoms. The maximum atomic E-state index is 13.9. The standard InChI is InChI=1S/C26H41N3O7/c1-7-16(20(30)23(33)34)27-21(31)19-17-15(26(17,5)6)13-29(19)22(32)18(14-11-9-8-10-12-14)28-24(35)36-25(2,3)4/h14-19H,7-13H2,1-6H3,(H,27,31)(H,28,35)(H,33,34)/t15-,16?,17-,18-,19-/m0/s1. The van der Waals surface area contributed by atoms with Crippen molar-refractivity contribution in [1.82, 2.24) is 15.5 Å². The number of ether oxygens (including phenoxy) is 1. The van der Waals surface area contributed by atoms with Crippen molar-refractivity contribution >= 4 is 29.7 Å². The second-order valence-electron chi connectivity index (χ2n) is 12.0. The summed E-state index contributed by atoms with van der Waals surface area (Å²) < 4.78 is 5.43. The fourth-order valence-electron chi connectivity index (χ4n) is 6.03. The molecule has 1 unspecified atom stereocenters. The summed E-state index contributed by atoms with van der Waals surface area (Å²) in [5.74, 6) is -3.60. The van der Waals surface area contributed by atoms with E-state index in [9.17, 15) is 24.0 Å². The lowest BCUT2D eigenvalue weighted by atomic mass is 9.83. The highest BCUT2D eigenvalue weighted by Crippen LogP contribution is 2.65. The minimum Gasteiger partial charge on any atom is -0.475 e. The number of nitrogens with one attached hydrogen (secondary N) is 2. The smallest absolute Gasteiger partial charge is 0.408 e. The van der Waals surface area contributed by atoms with Gasteiger partial charge in [-0.1, -0.05) is 40.0 Å². The number of rotatable bonds is 8. The van der Waals surface area contributed by atoms with Crippen LogP contribution in [0.15, 0.2) is 0 Å². The molecule has 0 aromatic heterocycles. The van der Waals surface area contributed by atoms with Crippen LogP contribution in [-0.4, -0.2) is 69.9 Å². The Morgan fingerprint density at radius 3 is 2.19 bits per heavy atom. The van der Waals surface area contributed by atoms with Gasteiger partial charge in [0.05, 0.1) is 6.04 Å². The van der Waals surface area contributed by atoms with E-state index in [2.05, 4.69) is 10.6 Å². The lowest BCUT2D eigenvalue weighted by molar-refractivity contribution is -0.151. The van der Waals surface area contributed by atoms with Crippen LogP contribution >= 0.6 is 0 Å². The molecule has 3 N–H and O–H groups in total. The number of carbonyl (C=O) groups is 5. The minimum atomic E-state index is -1.61. The second-order valence-corrected chi connectivity index (χ2v) is 12.0. The molecule has 5 atom stereocenters. The van der Waals surface area contributed by atoms with Gasteiger partial charge in [-0.15, -0.1) is 0 Å². The van der Waals surface area contributed by atoms with Crippen molar-refractivity contribution in [1.29, 1.82) is 0 Å². The molecule has 1 heterocycles. The predicted molar refractivity (Wildman–Crippen MR) is 131 cm³/mol. The van der Waals surface area contributed by atoms with Crippen molar-refractivity contribution in [3.63, 3.8) is 0 Å². The first-order valence-corrected chi connectivity index (χ1v) is 13.1.